The predicted molar refractivity (Wildman–Crippen MR) is 127 cm³/mol. The molecule has 1 saturated carbocycles. The van der Waals surface area contributed by atoms with Crippen molar-refractivity contribution >= 4 is 17.7 Å². The minimum Gasteiger partial charge on any atom is -0.456 e. The number of benzene rings is 2. The largest absolute Gasteiger partial charge is 0.586 e. The van der Waals surface area contributed by atoms with Crippen molar-refractivity contribution < 1.29 is 32.6 Å². The molecule has 0 saturated heterocycles. The first-order chi connectivity index (χ1) is 16.9. The van der Waals surface area contributed by atoms with Crippen LogP contribution in [0.4, 0.5) is 14.6 Å². The van der Waals surface area contributed by atoms with E-state index in [0.29, 0.717) is 41.0 Å². The van der Waals surface area contributed by atoms with Crippen LogP contribution in [-0.4, -0.2) is 28.8 Å². The molecule has 0 unspecified atom stereocenters. The van der Waals surface area contributed by atoms with Crippen molar-refractivity contribution in [2.75, 3.05) is 5.32 Å². The highest BCUT2D eigenvalue weighted by Crippen LogP contribution is 2.52. The Bertz CT molecular complexity index is 1360. The van der Waals surface area contributed by atoms with Crippen LogP contribution < -0.4 is 14.8 Å². The van der Waals surface area contributed by atoms with Gasteiger partial charge in [0.25, 0.3) is 0 Å². The molecule has 36 heavy (non-hydrogen) atoms. The molecule has 1 fully saturated rings. The Labute approximate surface area is 206 Å². The van der Waals surface area contributed by atoms with Crippen molar-refractivity contribution in [3.05, 3.63) is 71.8 Å². The molecule has 186 valence electrons. The number of amides is 1. The fourth-order valence-electron chi connectivity index (χ4n) is 4.06. The SMILES string of the molecule is CC(C)(C)OC(=O)c1cccc(-c2cccc(NC(=O)C3(c4ccc5c(c4)OC(F)(F)O5)CC3)n2)c1. The summed E-state index contributed by atoms with van der Waals surface area (Å²) in [6.45, 7) is 5.40. The maximum Gasteiger partial charge on any atom is 0.586 e. The predicted octanol–water partition coefficient (Wildman–Crippen LogP) is 5.70. The number of rotatable bonds is 5. The van der Waals surface area contributed by atoms with Gasteiger partial charge < -0.3 is 19.5 Å². The summed E-state index contributed by atoms with van der Waals surface area (Å²) >= 11 is 0. The molecule has 1 aromatic heterocycles. The normalized spacial score (nSPS) is 16.8. The van der Waals surface area contributed by atoms with Crippen LogP contribution in [-0.2, 0) is 14.9 Å². The second-order valence-corrected chi connectivity index (χ2v) is 9.86. The first-order valence-electron chi connectivity index (χ1n) is 11.5. The number of nitrogens with one attached hydrogen (secondary N) is 1. The van der Waals surface area contributed by atoms with Gasteiger partial charge in [-0.3, -0.25) is 4.79 Å². The first kappa shape index (κ1) is 23.7. The minimum atomic E-state index is -3.72. The van der Waals surface area contributed by atoms with Crippen LogP contribution in [0.2, 0.25) is 0 Å². The second-order valence-electron chi connectivity index (χ2n) is 9.86. The summed E-state index contributed by atoms with van der Waals surface area (Å²) in [6, 6.07) is 16.5. The number of carbonyl (C=O) groups is 2. The summed E-state index contributed by atoms with van der Waals surface area (Å²) in [7, 11) is 0. The lowest BCUT2D eigenvalue weighted by Crippen LogP contribution is -2.28. The summed E-state index contributed by atoms with van der Waals surface area (Å²) in [5, 5.41) is 2.84. The maximum atomic E-state index is 13.4. The highest BCUT2D eigenvalue weighted by Gasteiger charge is 2.53. The van der Waals surface area contributed by atoms with Crippen molar-refractivity contribution in [1.82, 2.24) is 4.98 Å². The van der Waals surface area contributed by atoms with Crippen LogP contribution in [0.25, 0.3) is 11.3 Å². The van der Waals surface area contributed by atoms with E-state index >= 15 is 0 Å². The van der Waals surface area contributed by atoms with Gasteiger partial charge in [0.15, 0.2) is 11.5 Å². The molecule has 2 aliphatic rings. The number of nitrogens with zero attached hydrogens (tertiary/aromatic N) is 1. The number of esters is 1. The Hall–Kier alpha value is -4.01. The molecule has 1 aliphatic heterocycles. The molecular weight excluding hydrogens is 470 g/mol. The maximum absolute atomic E-state index is 13.4. The molecule has 1 N–H and O–H groups in total. The Morgan fingerprint density at radius 2 is 1.69 bits per heavy atom. The van der Waals surface area contributed by atoms with E-state index in [9.17, 15) is 18.4 Å². The summed E-state index contributed by atoms with van der Waals surface area (Å²) in [6.07, 6.45) is -2.59. The van der Waals surface area contributed by atoms with Crippen LogP contribution in [0.5, 0.6) is 11.5 Å². The van der Waals surface area contributed by atoms with Crippen LogP contribution in [0.1, 0.15) is 49.5 Å². The topological polar surface area (TPSA) is 86.8 Å². The van der Waals surface area contributed by atoms with Gasteiger partial charge in [0.1, 0.15) is 11.4 Å². The van der Waals surface area contributed by atoms with Crippen molar-refractivity contribution in [3.63, 3.8) is 0 Å². The van der Waals surface area contributed by atoms with E-state index in [4.69, 9.17) is 4.74 Å². The average molecular weight is 494 g/mol. The lowest BCUT2D eigenvalue weighted by molar-refractivity contribution is -0.286. The quantitative estimate of drug-likeness (QED) is 0.458. The van der Waals surface area contributed by atoms with Crippen LogP contribution in [0.3, 0.4) is 0 Å². The van der Waals surface area contributed by atoms with Crippen LogP contribution in [0.15, 0.2) is 60.7 Å². The van der Waals surface area contributed by atoms with Gasteiger partial charge in [-0.15, -0.1) is 8.78 Å². The summed E-state index contributed by atoms with van der Waals surface area (Å²) in [5.41, 5.74) is 0.739. The van der Waals surface area contributed by atoms with E-state index in [1.807, 2.05) is 6.07 Å². The van der Waals surface area contributed by atoms with E-state index < -0.39 is 23.3 Å². The smallest absolute Gasteiger partial charge is 0.456 e. The minimum absolute atomic E-state index is 0.0667. The molecule has 0 radical (unpaired) electrons. The molecule has 9 heteroatoms. The molecule has 5 rings (SSSR count). The number of hydrogen-bond acceptors (Lipinski definition) is 6. The molecular formula is C27H24F2N2O5. The zero-order chi connectivity index (χ0) is 25.7. The molecule has 0 bridgehead atoms. The number of anilines is 1. The van der Waals surface area contributed by atoms with E-state index in [2.05, 4.69) is 19.8 Å². The third-order valence-electron chi connectivity index (χ3n) is 5.92. The van der Waals surface area contributed by atoms with E-state index in [0.717, 1.165) is 0 Å². The van der Waals surface area contributed by atoms with Crippen molar-refractivity contribution in [2.24, 2.45) is 0 Å². The number of fused-ring (bicyclic) bond motifs is 1. The zero-order valence-corrected chi connectivity index (χ0v) is 19.9. The highest BCUT2D eigenvalue weighted by molar-refractivity contribution is 6.01. The molecule has 2 heterocycles. The third kappa shape index (κ3) is 4.73. The van der Waals surface area contributed by atoms with Crippen molar-refractivity contribution in [3.8, 4) is 22.8 Å². The monoisotopic (exact) mass is 494 g/mol. The molecule has 7 nitrogen and oxygen atoms in total. The van der Waals surface area contributed by atoms with Crippen LogP contribution in [0, 0.1) is 0 Å². The number of pyridine rings is 1. The van der Waals surface area contributed by atoms with Gasteiger partial charge in [-0.2, -0.15) is 0 Å². The number of ether oxygens (including phenoxy) is 3. The number of halogens is 2. The van der Waals surface area contributed by atoms with Gasteiger partial charge in [-0.25, -0.2) is 9.78 Å². The number of alkyl halides is 2. The van der Waals surface area contributed by atoms with Gasteiger partial charge in [-0.05, 0) is 75.6 Å². The lowest BCUT2D eigenvalue weighted by atomic mass is 9.94. The Kier molecular flexibility index (Phi) is 5.46. The van der Waals surface area contributed by atoms with Gasteiger partial charge in [0.05, 0.1) is 16.7 Å². The van der Waals surface area contributed by atoms with Crippen molar-refractivity contribution in [1.29, 1.82) is 0 Å². The van der Waals surface area contributed by atoms with E-state index in [-0.39, 0.29) is 17.4 Å². The summed E-state index contributed by atoms with van der Waals surface area (Å²) in [5.74, 6) is -0.561. The lowest BCUT2D eigenvalue weighted by Gasteiger charge is -2.19. The van der Waals surface area contributed by atoms with Crippen LogP contribution >= 0.6 is 0 Å². The third-order valence-corrected chi connectivity index (χ3v) is 5.92. The standard InChI is InChI=1S/C27H24F2N2O5/c1-25(2,3)36-23(32)17-7-4-6-16(14-17)19-8-5-9-22(30-19)31-24(33)26(12-13-26)18-10-11-20-21(15-18)35-27(28,29)34-20/h4-11,14-15H,12-13H2,1-3H3,(H,30,31,33). The van der Waals surface area contributed by atoms with Gasteiger partial charge >= 0.3 is 12.3 Å². The molecule has 1 amide bonds. The Morgan fingerprint density at radius 3 is 2.42 bits per heavy atom. The molecule has 3 aromatic rings. The van der Waals surface area contributed by atoms with E-state index in [1.165, 1.54) is 12.1 Å². The zero-order valence-electron chi connectivity index (χ0n) is 19.9. The molecule has 2 aromatic carbocycles. The molecule has 0 atom stereocenters. The summed E-state index contributed by atoms with van der Waals surface area (Å²) < 4.78 is 41.2. The molecule has 0 spiro atoms. The fourth-order valence-corrected chi connectivity index (χ4v) is 4.06. The summed E-state index contributed by atoms with van der Waals surface area (Å²) in [4.78, 5) is 30.2. The van der Waals surface area contributed by atoms with E-state index in [1.54, 1.807) is 63.2 Å². The van der Waals surface area contributed by atoms with Gasteiger partial charge in [-0.1, -0.05) is 24.3 Å². The van der Waals surface area contributed by atoms with Crippen molar-refractivity contribution in [2.45, 2.75) is 50.9 Å². The number of hydrogen-bond donors (Lipinski definition) is 1. The fraction of sp³-hybridized carbons (Fsp3) is 0.296. The van der Waals surface area contributed by atoms with Gasteiger partial charge in [0, 0.05) is 5.56 Å². The van der Waals surface area contributed by atoms with Gasteiger partial charge in [0.2, 0.25) is 5.91 Å². The Morgan fingerprint density at radius 1 is 0.972 bits per heavy atom. The Balaban J connectivity index is 1.34. The number of carbonyl (C=O) groups excluding carboxylic acids is 2. The number of aromatic nitrogens is 1. The molecule has 1 aliphatic carbocycles. The average Bonchev–Trinajstić information content (AvgIpc) is 3.55. The highest BCUT2D eigenvalue weighted by atomic mass is 19.3. The first-order valence-corrected chi connectivity index (χ1v) is 11.5. The second kappa shape index (κ2) is 8.29.